The van der Waals surface area contributed by atoms with Gasteiger partial charge in [-0.3, -0.25) is 0 Å². The van der Waals surface area contributed by atoms with E-state index in [1.807, 2.05) is 0 Å². The van der Waals surface area contributed by atoms with Crippen LogP contribution in [0.1, 0.15) is 54.4 Å². The van der Waals surface area contributed by atoms with Gasteiger partial charge in [0.05, 0.1) is 5.41 Å². The van der Waals surface area contributed by atoms with Gasteiger partial charge in [-0.2, -0.15) is 0 Å². The van der Waals surface area contributed by atoms with Crippen LogP contribution in [-0.2, 0) is 5.41 Å². The van der Waals surface area contributed by atoms with Crippen molar-refractivity contribution in [1.29, 1.82) is 0 Å². The molecule has 0 amide bonds. The highest BCUT2D eigenvalue weighted by Crippen LogP contribution is 2.65. The van der Waals surface area contributed by atoms with Gasteiger partial charge in [-0.05, 0) is 157 Å². The Balaban J connectivity index is 1.23. The van der Waals surface area contributed by atoms with Crippen LogP contribution in [0.2, 0.25) is 0 Å². The normalized spacial score (nSPS) is 18.7. The molecule has 0 bridgehead atoms. The first kappa shape index (κ1) is 28.9. The van der Waals surface area contributed by atoms with Gasteiger partial charge in [0.1, 0.15) is 0 Å². The summed E-state index contributed by atoms with van der Waals surface area (Å²) in [6, 6.07) is 52.2. The molecule has 0 aliphatic heterocycles. The van der Waals surface area contributed by atoms with E-state index in [-0.39, 0.29) is 5.41 Å². The second kappa shape index (κ2) is 11.0. The highest BCUT2D eigenvalue weighted by molar-refractivity contribution is 6.26. The Morgan fingerprint density at radius 1 is 0.412 bits per heavy atom. The first-order valence-electron chi connectivity index (χ1n) is 18.6. The molecule has 0 saturated carbocycles. The van der Waals surface area contributed by atoms with Crippen molar-refractivity contribution in [3.63, 3.8) is 0 Å². The highest BCUT2D eigenvalue weighted by atomic mass is 15.1. The fourth-order valence-electron chi connectivity index (χ4n) is 10.1. The summed E-state index contributed by atoms with van der Waals surface area (Å²) in [7, 11) is 0. The topological polar surface area (TPSA) is 3.24 Å². The fraction of sp³-hybridized carbons (Fsp3) is 0.120. The molecule has 11 rings (SSSR count). The molecule has 0 aromatic heterocycles. The van der Waals surface area contributed by atoms with E-state index in [0.717, 1.165) is 25.7 Å². The third-order valence-corrected chi connectivity index (χ3v) is 12.0. The summed E-state index contributed by atoms with van der Waals surface area (Å²) < 4.78 is 0. The van der Waals surface area contributed by atoms with Crippen LogP contribution in [0.25, 0.3) is 43.5 Å². The molecule has 1 nitrogen and oxygen atoms in total. The molecule has 51 heavy (non-hydrogen) atoms. The van der Waals surface area contributed by atoms with E-state index < -0.39 is 0 Å². The molecular weight excluding hydrogens is 615 g/mol. The zero-order valence-corrected chi connectivity index (χ0v) is 28.6. The zero-order valence-electron chi connectivity index (χ0n) is 28.6. The number of fused-ring (bicyclic) bond motifs is 14. The molecule has 0 N–H and O–H groups in total. The molecule has 7 aromatic carbocycles. The molecule has 7 aromatic rings. The largest absolute Gasteiger partial charge is 0.310 e. The number of hydrogen-bond acceptors (Lipinski definition) is 1. The molecule has 242 valence electrons. The van der Waals surface area contributed by atoms with Gasteiger partial charge in [0.15, 0.2) is 0 Å². The van der Waals surface area contributed by atoms with Crippen molar-refractivity contribution in [3.8, 4) is 0 Å². The molecule has 1 heteroatoms. The van der Waals surface area contributed by atoms with Gasteiger partial charge >= 0.3 is 0 Å². The van der Waals surface area contributed by atoms with Crippen molar-refractivity contribution in [2.24, 2.45) is 0 Å². The van der Waals surface area contributed by atoms with E-state index in [2.05, 4.69) is 169 Å². The van der Waals surface area contributed by atoms with E-state index in [1.165, 1.54) is 89.2 Å². The minimum atomic E-state index is -0.265. The standard InChI is InChI=1S/C50H37N/c1-4-16-33(17-5-1)51(34-18-6-2-7-19-34)35-28-29-48-44(30-35)40-24-8-3-9-26-46(40)50(48)47-27-15-14-25-41(47)45-31-42-38-22-12-10-20-36(38)37-21-11-13-23-39(37)43(42)32-49(45)50/h1-2,4-8,10-14,16-25,28-32H,3,9,15,26-27H2/t50-/m0/s1. The zero-order chi connectivity index (χ0) is 33.5. The maximum atomic E-state index is 2.62. The summed E-state index contributed by atoms with van der Waals surface area (Å²) in [4.78, 5) is 2.41. The summed E-state index contributed by atoms with van der Waals surface area (Å²) >= 11 is 0. The average Bonchev–Trinajstić information content (AvgIpc) is 3.48. The number of anilines is 3. The minimum Gasteiger partial charge on any atom is -0.310 e. The van der Waals surface area contributed by atoms with Crippen molar-refractivity contribution in [2.75, 3.05) is 4.90 Å². The van der Waals surface area contributed by atoms with E-state index in [0.29, 0.717) is 0 Å². The van der Waals surface area contributed by atoms with E-state index in [4.69, 9.17) is 0 Å². The first-order chi connectivity index (χ1) is 25.3. The second-order valence-electron chi connectivity index (χ2n) is 14.5. The van der Waals surface area contributed by atoms with E-state index >= 15 is 0 Å². The monoisotopic (exact) mass is 651 g/mol. The van der Waals surface area contributed by atoms with Gasteiger partial charge in [0.2, 0.25) is 0 Å². The smallest absolute Gasteiger partial charge is 0.0651 e. The summed E-state index contributed by atoms with van der Waals surface area (Å²) in [5, 5.41) is 8.07. The molecule has 0 saturated heterocycles. The Labute approximate surface area is 299 Å². The van der Waals surface area contributed by atoms with E-state index in [9.17, 15) is 0 Å². The summed E-state index contributed by atoms with van der Waals surface area (Å²) in [6.45, 7) is 0. The van der Waals surface area contributed by atoms with Crippen molar-refractivity contribution in [1.82, 2.24) is 0 Å². The Bertz CT molecular complexity index is 2670. The molecule has 0 fully saturated rings. The Morgan fingerprint density at radius 3 is 1.59 bits per heavy atom. The Kier molecular flexibility index (Phi) is 6.25. The summed E-state index contributed by atoms with van der Waals surface area (Å²) in [5.74, 6) is 0. The van der Waals surface area contributed by atoms with Crippen LogP contribution < -0.4 is 4.90 Å². The maximum Gasteiger partial charge on any atom is 0.0651 e. The van der Waals surface area contributed by atoms with Gasteiger partial charge in [-0.1, -0.05) is 115 Å². The van der Waals surface area contributed by atoms with Crippen LogP contribution in [0.15, 0.2) is 175 Å². The second-order valence-corrected chi connectivity index (χ2v) is 14.5. The molecular formula is C50H37N. The van der Waals surface area contributed by atoms with Crippen LogP contribution in [-0.4, -0.2) is 0 Å². The molecule has 1 atom stereocenters. The lowest BCUT2D eigenvalue weighted by Crippen LogP contribution is -2.29. The Morgan fingerprint density at radius 2 is 0.941 bits per heavy atom. The predicted molar refractivity (Wildman–Crippen MR) is 216 cm³/mol. The number of hydrogen-bond donors (Lipinski definition) is 0. The third kappa shape index (κ3) is 3.98. The van der Waals surface area contributed by atoms with E-state index in [1.54, 1.807) is 11.1 Å². The maximum absolute atomic E-state index is 2.62. The number of rotatable bonds is 3. The molecule has 1 spiro atoms. The van der Waals surface area contributed by atoms with Gasteiger partial charge in [-0.15, -0.1) is 0 Å². The number of benzene rings is 7. The van der Waals surface area contributed by atoms with Gasteiger partial charge in [0.25, 0.3) is 0 Å². The lowest BCUT2D eigenvalue weighted by atomic mass is 9.66. The third-order valence-electron chi connectivity index (χ3n) is 12.0. The van der Waals surface area contributed by atoms with Crippen LogP contribution in [0.3, 0.4) is 0 Å². The van der Waals surface area contributed by atoms with Gasteiger partial charge in [-0.25, -0.2) is 0 Å². The number of allylic oxidation sites excluding steroid dienone is 8. The molecule has 0 unspecified atom stereocenters. The quantitative estimate of drug-likeness (QED) is 0.172. The highest BCUT2D eigenvalue weighted by Gasteiger charge is 2.53. The van der Waals surface area contributed by atoms with Crippen molar-refractivity contribution >= 4 is 60.5 Å². The summed E-state index contributed by atoms with van der Waals surface area (Å²) in [5.41, 5.74) is 15.1. The molecule has 4 aliphatic rings. The molecule has 4 aliphatic carbocycles. The fourth-order valence-corrected chi connectivity index (χ4v) is 10.1. The van der Waals surface area contributed by atoms with Crippen LogP contribution in [0.4, 0.5) is 17.1 Å². The molecule has 0 radical (unpaired) electrons. The predicted octanol–water partition coefficient (Wildman–Crippen LogP) is 13.5. The minimum absolute atomic E-state index is 0.265. The number of para-hydroxylation sites is 2. The average molecular weight is 652 g/mol. The lowest BCUT2D eigenvalue weighted by Gasteiger charge is -2.36. The lowest BCUT2D eigenvalue weighted by molar-refractivity contribution is 0.649. The molecule has 0 heterocycles. The SMILES string of the molecule is C1=CC2=C(CCC1)[C@]1(C3=C(C=CCC3)c3cc4c5ccccc5c5ccccc5c4cc31)c1ccc(N(c3ccccc3)c3ccccc3)cc12. The number of nitrogens with zero attached hydrogens (tertiary/aromatic N) is 1. The summed E-state index contributed by atoms with van der Waals surface area (Å²) in [6.07, 6.45) is 15.3. The van der Waals surface area contributed by atoms with Gasteiger partial charge in [0, 0.05) is 17.1 Å². The van der Waals surface area contributed by atoms with Crippen molar-refractivity contribution in [2.45, 2.75) is 37.5 Å². The van der Waals surface area contributed by atoms with Crippen LogP contribution in [0, 0.1) is 0 Å². The van der Waals surface area contributed by atoms with Crippen LogP contribution >= 0.6 is 0 Å². The Hall–Kier alpha value is -5.92. The van der Waals surface area contributed by atoms with Crippen LogP contribution in [0.5, 0.6) is 0 Å². The van der Waals surface area contributed by atoms with Gasteiger partial charge < -0.3 is 4.90 Å². The van der Waals surface area contributed by atoms with Crippen molar-refractivity contribution in [3.05, 3.63) is 197 Å². The van der Waals surface area contributed by atoms with Crippen molar-refractivity contribution < 1.29 is 0 Å². The first-order valence-corrected chi connectivity index (χ1v) is 18.6.